The number of benzene rings is 3. The molecule has 2 saturated heterocycles. The van der Waals surface area contributed by atoms with Crippen LogP contribution in [0.4, 0.5) is 5.69 Å². The number of fused-ring (bicyclic) bond motifs is 1. The first-order valence-corrected chi connectivity index (χ1v) is 15.4. The number of hydrogen-bond acceptors (Lipinski definition) is 6. The molecule has 0 spiro atoms. The molecule has 3 aromatic rings. The molecule has 3 aliphatic heterocycles. The van der Waals surface area contributed by atoms with Gasteiger partial charge in [0.15, 0.2) is 0 Å². The van der Waals surface area contributed by atoms with E-state index in [9.17, 15) is 0 Å². The van der Waals surface area contributed by atoms with E-state index in [1.165, 1.54) is 40.9 Å². The van der Waals surface area contributed by atoms with Crippen LogP contribution in [0.2, 0.25) is 0 Å². The highest BCUT2D eigenvalue weighted by atomic mass is 16.5. The Morgan fingerprint density at radius 3 is 2.63 bits per heavy atom. The van der Waals surface area contributed by atoms with Gasteiger partial charge < -0.3 is 24.4 Å². The molecule has 41 heavy (non-hydrogen) atoms. The maximum Gasteiger partial charge on any atom is 0.142 e. The van der Waals surface area contributed by atoms with E-state index in [1.54, 1.807) is 7.11 Å². The largest absolute Gasteiger partial charge is 0.490 e. The topological polar surface area (TPSA) is 46.2 Å². The maximum atomic E-state index is 6.60. The SMILES string of the molecule is COCCCN1CCOc2ccc(COC3CNCCC3c3ccc(CN4CCC(c5ccccc5)C4)cc3)cc21. The van der Waals surface area contributed by atoms with Gasteiger partial charge in [-0.25, -0.2) is 0 Å². The number of likely N-dealkylation sites (tertiary alicyclic amines) is 1. The number of hydrogen-bond donors (Lipinski definition) is 1. The van der Waals surface area contributed by atoms with Gasteiger partial charge in [-0.05, 0) is 72.7 Å². The molecule has 3 aromatic carbocycles. The minimum absolute atomic E-state index is 0.157. The standard InChI is InChI=1S/C35H45N3O3/c1-39-20-5-17-38-19-21-40-34-13-10-28(22-33(34)38)26-41-35-23-36-16-14-32(35)30-11-8-27(9-12-30)24-37-18-15-31(25-37)29-6-3-2-4-7-29/h2-4,6-13,22,31-32,35-36H,5,14-21,23-26H2,1H3. The molecule has 3 heterocycles. The van der Waals surface area contributed by atoms with Crippen molar-refractivity contribution in [1.29, 1.82) is 0 Å². The van der Waals surface area contributed by atoms with Gasteiger partial charge in [-0.15, -0.1) is 0 Å². The van der Waals surface area contributed by atoms with Gasteiger partial charge in [0.2, 0.25) is 0 Å². The van der Waals surface area contributed by atoms with Crippen molar-refractivity contribution in [3.8, 4) is 5.75 Å². The van der Waals surface area contributed by atoms with Crippen LogP contribution < -0.4 is 15.0 Å². The number of rotatable bonds is 11. The van der Waals surface area contributed by atoms with Gasteiger partial charge in [0, 0.05) is 45.8 Å². The van der Waals surface area contributed by atoms with Gasteiger partial charge in [-0.2, -0.15) is 0 Å². The number of nitrogens with one attached hydrogen (secondary N) is 1. The van der Waals surface area contributed by atoms with Crippen LogP contribution in [0.1, 0.15) is 53.4 Å². The van der Waals surface area contributed by atoms with E-state index >= 15 is 0 Å². The minimum Gasteiger partial charge on any atom is -0.490 e. The Bertz CT molecular complexity index is 1240. The predicted octanol–water partition coefficient (Wildman–Crippen LogP) is 5.57. The summed E-state index contributed by atoms with van der Waals surface area (Å²) in [6.45, 7) is 9.28. The Hall–Kier alpha value is -2.90. The molecule has 3 unspecified atom stereocenters. The fourth-order valence-corrected chi connectivity index (χ4v) is 6.73. The molecule has 0 radical (unpaired) electrons. The molecule has 3 aliphatic rings. The Balaban J connectivity index is 1.05. The van der Waals surface area contributed by atoms with Crippen LogP contribution >= 0.6 is 0 Å². The molecule has 0 saturated carbocycles. The quantitative estimate of drug-likeness (QED) is 0.312. The van der Waals surface area contributed by atoms with Crippen LogP contribution in [-0.4, -0.2) is 70.6 Å². The zero-order valence-corrected chi connectivity index (χ0v) is 24.5. The molecule has 6 rings (SSSR count). The number of anilines is 1. The van der Waals surface area contributed by atoms with Crippen molar-refractivity contribution in [3.63, 3.8) is 0 Å². The summed E-state index contributed by atoms with van der Waals surface area (Å²) in [5.41, 5.74) is 6.65. The Morgan fingerprint density at radius 2 is 1.78 bits per heavy atom. The summed E-state index contributed by atoms with van der Waals surface area (Å²) in [6, 6.07) is 26.9. The van der Waals surface area contributed by atoms with Crippen molar-refractivity contribution in [2.45, 2.75) is 50.4 Å². The van der Waals surface area contributed by atoms with Crippen LogP contribution in [-0.2, 0) is 22.6 Å². The predicted molar refractivity (Wildman–Crippen MR) is 165 cm³/mol. The molecule has 2 fully saturated rings. The van der Waals surface area contributed by atoms with E-state index in [2.05, 4.69) is 87.9 Å². The van der Waals surface area contributed by atoms with Crippen molar-refractivity contribution < 1.29 is 14.2 Å². The smallest absolute Gasteiger partial charge is 0.142 e. The second kappa shape index (κ2) is 13.8. The first-order chi connectivity index (χ1) is 20.3. The third-order valence-electron chi connectivity index (χ3n) is 9.01. The highest BCUT2D eigenvalue weighted by molar-refractivity contribution is 5.61. The molecule has 6 heteroatoms. The fraction of sp³-hybridized carbons (Fsp3) is 0.486. The summed E-state index contributed by atoms with van der Waals surface area (Å²) in [5.74, 6) is 2.04. The van der Waals surface area contributed by atoms with Gasteiger partial charge in [-0.1, -0.05) is 60.7 Å². The molecule has 0 aromatic heterocycles. The fourth-order valence-electron chi connectivity index (χ4n) is 6.73. The van der Waals surface area contributed by atoms with Gasteiger partial charge >= 0.3 is 0 Å². The van der Waals surface area contributed by atoms with Gasteiger partial charge in [-0.3, -0.25) is 4.90 Å². The lowest BCUT2D eigenvalue weighted by atomic mass is 9.87. The van der Waals surface area contributed by atoms with Crippen LogP contribution in [0, 0.1) is 0 Å². The van der Waals surface area contributed by atoms with Gasteiger partial charge in [0.1, 0.15) is 12.4 Å². The lowest BCUT2D eigenvalue weighted by molar-refractivity contribution is 0.0106. The van der Waals surface area contributed by atoms with Crippen molar-refractivity contribution in [1.82, 2.24) is 10.2 Å². The van der Waals surface area contributed by atoms with Crippen LogP contribution in [0.15, 0.2) is 72.8 Å². The summed E-state index contributed by atoms with van der Waals surface area (Å²) in [4.78, 5) is 5.02. The molecule has 0 aliphatic carbocycles. The summed E-state index contributed by atoms with van der Waals surface area (Å²) < 4.78 is 17.8. The zero-order valence-electron chi connectivity index (χ0n) is 24.5. The van der Waals surface area contributed by atoms with E-state index in [0.29, 0.717) is 18.4 Å². The van der Waals surface area contributed by atoms with Crippen molar-refractivity contribution in [2.24, 2.45) is 0 Å². The van der Waals surface area contributed by atoms with Gasteiger partial charge in [0.25, 0.3) is 0 Å². The van der Waals surface area contributed by atoms with Crippen molar-refractivity contribution >= 4 is 5.69 Å². The highest BCUT2D eigenvalue weighted by Gasteiger charge is 2.28. The number of piperidine rings is 1. The third-order valence-corrected chi connectivity index (χ3v) is 9.01. The summed E-state index contributed by atoms with van der Waals surface area (Å²) in [5, 5.41) is 3.56. The maximum absolute atomic E-state index is 6.60. The normalized spacial score (nSPS) is 22.9. The molecule has 0 bridgehead atoms. The van der Waals surface area contributed by atoms with Crippen molar-refractivity contribution in [3.05, 3.63) is 95.1 Å². The molecule has 3 atom stereocenters. The van der Waals surface area contributed by atoms with Crippen molar-refractivity contribution in [2.75, 3.05) is 64.5 Å². The van der Waals surface area contributed by atoms with Crippen LogP contribution in [0.3, 0.4) is 0 Å². The monoisotopic (exact) mass is 555 g/mol. The minimum atomic E-state index is 0.157. The summed E-state index contributed by atoms with van der Waals surface area (Å²) >= 11 is 0. The second-order valence-corrected chi connectivity index (χ2v) is 11.8. The van der Waals surface area contributed by atoms with Crippen LogP contribution in [0.25, 0.3) is 0 Å². The highest BCUT2D eigenvalue weighted by Crippen LogP contribution is 2.34. The third kappa shape index (κ3) is 7.12. The van der Waals surface area contributed by atoms with E-state index < -0.39 is 0 Å². The first kappa shape index (κ1) is 28.2. The zero-order chi connectivity index (χ0) is 27.9. The second-order valence-electron chi connectivity index (χ2n) is 11.8. The van der Waals surface area contributed by atoms with E-state index in [4.69, 9.17) is 14.2 Å². The molecule has 6 nitrogen and oxygen atoms in total. The Labute approximate surface area is 245 Å². The molecular formula is C35H45N3O3. The van der Waals surface area contributed by atoms with E-state index in [1.807, 2.05) is 0 Å². The number of ether oxygens (including phenoxy) is 3. The summed E-state index contributed by atoms with van der Waals surface area (Å²) in [6.07, 6.45) is 3.52. The van der Waals surface area contributed by atoms with E-state index in [-0.39, 0.29) is 6.10 Å². The van der Waals surface area contributed by atoms with Crippen LogP contribution in [0.5, 0.6) is 5.75 Å². The summed E-state index contributed by atoms with van der Waals surface area (Å²) in [7, 11) is 1.76. The molecule has 0 amide bonds. The average Bonchev–Trinajstić information content (AvgIpc) is 3.50. The number of methoxy groups -OCH3 is 1. The Morgan fingerprint density at radius 1 is 0.927 bits per heavy atom. The van der Waals surface area contributed by atoms with Gasteiger partial charge in [0.05, 0.1) is 24.9 Å². The Kier molecular flexibility index (Phi) is 9.53. The van der Waals surface area contributed by atoms with E-state index in [0.717, 1.165) is 71.1 Å². The molecular weight excluding hydrogens is 510 g/mol. The lowest BCUT2D eigenvalue weighted by Crippen LogP contribution is -2.41. The average molecular weight is 556 g/mol. The first-order valence-electron chi connectivity index (χ1n) is 15.4. The lowest BCUT2D eigenvalue weighted by Gasteiger charge is -2.33. The molecule has 218 valence electrons. The molecule has 1 N–H and O–H groups in total. The number of nitrogens with zero attached hydrogens (tertiary/aromatic N) is 2.